The Labute approximate surface area is 129 Å². The van der Waals surface area contributed by atoms with Gasteiger partial charge in [0, 0.05) is 6.54 Å². The van der Waals surface area contributed by atoms with Crippen LogP contribution in [0.4, 0.5) is 0 Å². The van der Waals surface area contributed by atoms with Crippen LogP contribution in [0.25, 0.3) is 0 Å². The molecule has 130 valence electrons. The average Bonchev–Trinajstić information content (AvgIpc) is 2.43. The van der Waals surface area contributed by atoms with Crippen molar-refractivity contribution in [2.75, 3.05) is 13.1 Å². The highest BCUT2D eigenvalue weighted by Gasteiger charge is 2.10. The third-order valence-electron chi connectivity index (χ3n) is 2.61. The van der Waals surface area contributed by atoms with Crippen LogP contribution in [0.2, 0.25) is 0 Å². The summed E-state index contributed by atoms with van der Waals surface area (Å²) in [6, 6.07) is -1.54. The van der Waals surface area contributed by atoms with Gasteiger partial charge in [-0.15, -0.1) is 0 Å². The molecule has 2 atom stereocenters. The quantitative estimate of drug-likeness (QED) is 0.129. The van der Waals surface area contributed by atoms with Crippen molar-refractivity contribution in [3.63, 3.8) is 0 Å². The van der Waals surface area contributed by atoms with Crippen molar-refractivity contribution in [3.05, 3.63) is 0 Å². The first-order chi connectivity index (χ1) is 10.2. The van der Waals surface area contributed by atoms with E-state index in [-0.39, 0.29) is 5.96 Å². The number of carbonyl (C=O) groups is 2. The van der Waals surface area contributed by atoms with E-state index in [2.05, 4.69) is 5.32 Å². The first-order valence-electron chi connectivity index (χ1n) is 6.97. The summed E-state index contributed by atoms with van der Waals surface area (Å²) in [4.78, 5) is 20.4. The predicted octanol–water partition coefficient (Wildman–Crippen LogP) is -1.81. The molecule has 10 heteroatoms. The molecular weight excluding hydrogens is 292 g/mol. The molecule has 0 aromatic heterocycles. The van der Waals surface area contributed by atoms with E-state index in [9.17, 15) is 9.59 Å². The van der Waals surface area contributed by atoms with E-state index in [1.165, 1.54) is 0 Å². The van der Waals surface area contributed by atoms with Crippen LogP contribution in [-0.2, 0) is 9.59 Å². The molecule has 0 fully saturated rings. The van der Waals surface area contributed by atoms with Crippen LogP contribution in [0.15, 0.2) is 0 Å². The summed E-state index contributed by atoms with van der Waals surface area (Å²) < 4.78 is 0. The smallest absolute Gasteiger partial charge is 0.320 e. The van der Waals surface area contributed by atoms with Gasteiger partial charge in [0.15, 0.2) is 5.96 Å². The minimum absolute atomic E-state index is 0.112. The van der Waals surface area contributed by atoms with Gasteiger partial charge in [0.05, 0.1) is 0 Å². The predicted molar refractivity (Wildman–Crippen MR) is 83.3 cm³/mol. The van der Waals surface area contributed by atoms with Crippen molar-refractivity contribution in [1.29, 1.82) is 5.41 Å². The molecule has 0 saturated carbocycles. The molecule has 0 aliphatic rings. The Kier molecular flexibility index (Phi) is 14.3. The third-order valence-corrected chi connectivity index (χ3v) is 2.61. The Bertz CT molecular complexity index is 340. The maximum atomic E-state index is 10.2. The summed E-state index contributed by atoms with van der Waals surface area (Å²) in [5, 5.41) is 26.0. The van der Waals surface area contributed by atoms with Gasteiger partial charge in [-0.2, -0.15) is 0 Å². The van der Waals surface area contributed by atoms with Gasteiger partial charge in [-0.25, -0.2) is 0 Å². The molecular formula is C12H28N6O4. The largest absolute Gasteiger partial charge is 0.480 e. The summed E-state index contributed by atoms with van der Waals surface area (Å²) in [5.74, 6) is -2.05. The SMILES string of the molecule is N=C(N)NCCC[C@H](N)C(=O)O.NCCCC[C@H](N)C(=O)O. The molecule has 0 bridgehead atoms. The second-order valence-electron chi connectivity index (χ2n) is 4.66. The number of guanidine groups is 1. The van der Waals surface area contributed by atoms with Crippen LogP contribution in [0.5, 0.6) is 0 Å². The average molecular weight is 320 g/mol. The molecule has 0 aromatic rings. The minimum Gasteiger partial charge on any atom is -0.480 e. The lowest BCUT2D eigenvalue weighted by atomic mass is 10.1. The molecule has 0 unspecified atom stereocenters. The fraction of sp³-hybridized carbons (Fsp3) is 0.750. The number of hydrogen-bond donors (Lipinski definition) is 8. The molecule has 0 saturated heterocycles. The monoisotopic (exact) mass is 320 g/mol. The Morgan fingerprint density at radius 2 is 1.45 bits per heavy atom. The van der Waals surface area contributed by atoms with E-state index in [1.807, 2.05) is 0 Å². The summed E-state index contributed by atoms with van der Waals surface area (Å²) in [6.07, 6.45) is 3.14. The van der Waals surface area contributed by atoms with Crippen molar-refractivity contribution in [2.45, 2.75) is 44.2 Å². The van der Waals surface area contributed by atoms with Gasteiger partial charge in [0.25, 0.3) is 0 Å². The molecule has 10 nitrogen and oxygen atoms in total. The van der Waals surface area contributed by atoms with Crippen molar-refractivity contribution in [2.24, 2.45) is 22.9 Å². The number of carboxylic acid groups (broad SMARTS) is 2. The number of nitrogens with two attached hydrogens (primary N) is 4. The zero-order valence-electron chi connectivity index (χ0n) is 12.6. The summed E-state index contributed by atoms with van der Waals surface area (Å²) in [5.41, 5.74) is 20.6. The third kappa shape index (κ3) is 16.1. The standard InChI is InChI=1S/C6H14N4O2.C6H14N2O2/c7-4(5(11)12)2-1-3-10-6(8)9;7-4-2-1-3-5(8)6(9)10/h4H,1-3,7H2,(H,11,12)(H4,8,9,10);5H,1-4,7-8H2,(H,9,10)/t4-;5-/m00/s1. The molecule has 0 heterocycles. The summed E-state index contributed by atoms with van der Waals surface area (Å²) in [7, 11) is 0. The van der Waals surface area contributed by atoms with E-state index in [0.29, 0.717) is 32.4 Å². The molecule has 0 radical (unpaired) electrons. The Morgan fingerprint density at radius 1 is 1.00 bits per heavy atom. The number of hydrogen-bond acceptors (Lipinski definition) is 6. The van der Waals surface area contributed by atoms with E-state index in [4.69, 9.17) is 38.6 Å². The number of unbranched alkanes of at least 4 members (excludes halogenated alkanes) is 1. The molecule has 0 aliphatic heterocycles. The van der Waals surface area contributed by atoms with Crippen molar-refractivity contribution < 1.29 is 19.8 Å². The minimum atomic E-state index is -1.00. The lowest BCUT2D eigenvalue weighted by Crippen LogP contribution is -2.34. The van der Waals surface area contributed by atoms with Gasteiger partial charge in [-0.3, -0.25) is 15.0 Å². The van der Waals surface area contributed by atoms with Gasteiger partial charge in [0.2, 0.25) is 0 Å². The normalized spacial score (nSPS) is 12.5. The summed E-state index contributed by atoms with van der Waals surface area (Å²) >= 11 is 0. The summed E-state index contributed by atoms with van der Waals surface area (Å²) in [6.45, 7) is 1.09. The molecule has 0 spiro atoms. The topological polar surface area (TPSA) is 215 Å². The van der Waals surface area contributed by atoms with Crippen LogP contribution in [0.3, 0.4) is 0 Å². The molecule has 0 aromatic carbocycles. The van der Waals surface area contributed by atoms with Crippen LogP contribution < -0.4 is 28.3 Å². The van der Waals surface area contributed by atoms with Crippen molar-refractivity contribution >= 4 is 17.9 Å². The molecule has 22 heavy (non-hydrogen) atoms. The first-order valence-corrected chi connectivity index (χ1v) is 6.97. The first kappa shape index (κ1) is 22.4. The van der Waals surface area contributed by atoms with Crippen LogP contribution >= 0.6 is 0 Å². The van der Waals surface area contributed by atoms with E-state index >= 15 is 0 Å². The zero-order valence-corrected chi connectivity index (χ0v) is 12.6. The van der Waals surface area contributed by atoms with Crippen LogP contribution in [0.1, 0.15) is 32.1 Å². The molecule has 12 N–H and O–H groups in total. The maximum absolute atomic E-state index is 10.2. The van der Waals surface area contributed by atoms with Gasteiger partial charge >= 0.3 is 11.9 Å². The molecule has 0 amide bonds. The van der Waals surface area contributed by atoms with Crippen molar-refractivity contribution in [3.8, 4) is 0 Å². The zero-order chi connectivity index (χ0) is 17.5. The highest BCUT2D eigenvalue weighted by Crippen LogP contribution is 1.97. The van der Waals surface area contributed by atoms with Gasteiger partial charge in [0.1, 0.15) is 12.1 Å². The molecule has 0 rings (SSSR count). The van der Waals surface area contributed by atoms with Crippen molar-refractivity contribution in [1.82, 2.24) is 5.32 Å². The van der Waals surface area contributed by atoms with Gasteiger partial charge in [-0.1, -0.05) is 6.42 Å². The Hall–Kier alpha value is -1.91. The fourth-order valence-electron chi connectivity index (χ4n) is 1.30. The highest BCUT2D eigenvalue weighted by atomic mass is 16.4. The number of nitrogens with one attached hydrogen (secondary N) is 2. The van der Waals surface area contributed by atoms with E-state index in [1.54, 1.807) is 0 Å². The van der Waals surface area contributed by atoms with Crippen LogP contribution in [-0.4, -0.2) is 53.3 Å². The molecule has 0 aliphatic carbocycles. The lowest BCUT2D eigenvalue weighted by molar-refractivity contribution is -0.139. The van der Waals surface area contributed by atoms with E-state index < -0.39 is 24.0 Å². The van der Waals surface area contributed by atoms with Gasteiger partial charge in [-0.05, 0) is 32.2 Å². The number of carboxylic acids is 2. The maximum Gasteiger partial charge on any atom is 0.320 e. The Morgan fingerprint density at radius 3 is 1.82 bits per heavy atom. The van der Waals surface area contributed by atoms with Gasteiger partial charge < -0.3 is 38.5 Å². The van der Waals surface area contributed by atoms with Crippen LogP contribution in [0, 0.1) is 5.41 Å². The number of aliphatic carboxylic acids is 2. The Balaban J connectivity index is 0. The second-order valence-corrected chi connectivity index (χ2v) is 4.66. The second kappa shape index (κ2) is 14.0. The number of rotatable bonds is 10. The highest BCUT2D eigenvalue weighted by molar-refractivity contribution is 5.74. The fourth-order valence-corrected chi connectivity index (χ4v) is 1.30. The van der Waals surface area contributed by atoms with E-state index in [0.717, 1.165) is 12.8 Å². The lowest BCUT2D eigenvalue weighted by Gasteiger charge is -2.06.